The van der Waals surface area contributed by atoms with Crippen LogP contribution in [0, 0.1) is 0 Å². The first-order valence-corrected chi connectivity index (χ1v) is 9.37. The van der Waals surface area contributed by atoms with Gasteiger partial charge in [0.15, 0.2) is 7.14 Å². The standard InChI is InChI=1S/C18H19O5P/c1-2-23-18(21)16(13-17(19)20)24(22,14-9-5-3-6-10-14)15-11-7-4-8-12-15/h3-12,16H,2,13H2,1H3,(H,19,20). The van der Waals surface area contributed by atoms with Gasteiger partial charge >= 0.3 is 11.9 Å². The molecule has 0 aliphatic carbocycles. The second kappa shape index (κ2) is 7.93. The molecule has 6 heteroatoms. The molecule has 0 aromatic heterocycles. The summed E-state index contributed by atoms with van der Waals surface area (Å²) in [6, 6.07) is 17.0. The molecule has 0 amide bonds. The number of carbonyl (C=O) groups is 2. The molecule has 126 valence electrons. The summed E-state index contributed by atoms with van der Waals surface area (Å²) < 4.78 is 19.0. The van der Waals surface area contributed by atoms with E-state index in [0.717, 1.165) is 0 Å². The van der Waals surface area contributed by atoms with Gasteiger partial charge in [0.05, 0.1) is 13.0 Å². The number of rotatable bonds is 7. The fourth-order valence-electron chi connectivity index (χ4n) is 2.57. The van der Waals surface area contributed by atoms with Crippen LogP contribution in [0.5, 0.6) is 0 Å². The van der Waals surface area contributed by atoms with E-state index >= 15 is 0 Å². The second-order valence-electron chi connectivity index (χ2n) is 5.19. The third-order valence-electron chi connectivity index (χ3n) is 3.65. The highest BCUT2D eigenvalue weighted by Gasteiger charge is 2.43. The van der Waals surface area contributed by atoms with E-state index < -0.39 is 31.2 Å². The lowest BCUT2D eigenvalue weighted by Crippen LogP contribution is -2.34. The van der Waals surface area contributed by atoms with Crippen LogP contribution in [-0.4, -0.2) is 29.3 Å². The molecule has 0 fully saturated rings. The van der Waals surface area contributed by atoms with Gasteiger partial charge in [-0.05, 0) is 6.92 Å². The largest absolute Gasteiger partial charge is 0.481 e. The van der Waals surface area contributed by atoms with Crippen LogP contribution < -0.4 is 10.6 Å². The average Bonchev–Trinajstić information content (AvgIpc) is 2.60. The Balaban J connectivity index is 2.65. The quantitative estimate of drug-likeness (QED) is 0.615. The van der Waals surface area contributed by atoms with Gasteiger partial charge in [-0.1, -0.05) is 60.7 Å². The maximum Gasteiger partial charge on any atom is 0.317 e. The number of aliphatic carboxylic acids is 1. The molecule has 2 aromatic rings. The summed E-state index contributed by atoms with van der Waals surface area (Å²) in [5, 5.41) is 10.1. The van der Waals surface area contributed by atoms with Crippen molar-refractivity contribution in [2.75, 3.05) is 6.61 Å². The van der Waals surface area contributed by atoms with E-state index in [9.17, 15) is 19.3 Å². The molecule has 5 nitrogen and oxygen atoms in total. The summed E-state index contributed by atoms with van der Waals surface area (Å²) in [7, 11) is -3.53. The van der Waals surface area contributed by atoms with Crippen LogP contribution in [-0.2, 0) is 18.9 Å². The van der Waals surface area contributed by atoms with E-state index in [2.05, 4.69) is 0 Å². The second-order valence-corrected chi connectivity index (χ2v) is 8.17. The lowest BCUT2D eigenvalue weighted by molar-refractivity contribution is -0.146. The summed E-state index contributed by atoms with van der Waals surface area (Å²) in [6.45, 7) is 1.73. The molecule has 0 saturated carbocycles. The number of ether oxygens (including phenoxy) is 1. The maximum atomic E-state index is 14.0. The van der Waals surface area contributed by atoms with Crippen LogP contribution in [0.1, 0.15) is 13.3 Å². The van der Waals surface area contributed by atoms with Crippen molar-refractivity contribution in [1.82, 2.24) is 0 Å². The van der Waals surface area contributed by atoms with Gasteiger partial charge in [0, 0.05) is 10.6 Å². The number of benzene rings is 2. The normalized spacial score (nSPS) is 12.4. The summed E-state index contributed by atoms with van der Waals surface area (Å²) in [6.07, 6.45) is -0.556. The van der Waals surface area contributed by atoms with Crippen molar-refractivity contribution in [1.29, 1.82) is 0 Å². The van der Waals surface area contributed by atoms with E-state index in [1.165, 1.54) is 0 Å². The van der Waals surface area contributed by atoms with E-state index in [1.54, 1.807) is 67.6 Å². The molecule has 1 N–H and O–H groups in total. The lowest BCUT2D eigenvalue weighted by Gasteiger charge is -2.26. The Morgan fingerprint density at radius 3 is 1.83 bits per heavy atom. The molecule has 0 bridgehead atoms. The zero-order valence-electron chi connectivity index (χ0n) is 13.3. The molecule has 0 radical (unpaired) electrons. The first kappa shape index (κ1) is 18.0. The van der Waals surface area contributed by atoms with Crippen LogP contribution in [0.25, 0.3) is 0 Å². The van der Waals surface area contributed by atoms with Crippen LogP contribution in [0.15, 0.2) is 60.7 Å². The zero-order chi connectivity index (χ0) is 17.6. The van der Waals surface area contributed by atoms with Crippen molar-refractivity contribution < 1.29 is 24.0 Å². The Labute approximate surface area is 140 Å². The molecule has 0 aliphatic rings. The van der Waals surface area contributed by atoms with Gasteiger partial charge in [-0.25, -0.2) is 0 Å². The molecule has 1 unspecified atom stereocenters. The predicted octanol–water partition coefficient (Wildman–Crippen LogP) is 2.41. The van der Waals surface area contributed by atoms with Crippen molar-refractivity contribution in [3.63, 3.8) is 0 Å². The Morgan fingerprint density at radius 2 is 1.46 bits per heavy atom. The highest BCUT2D eigenvalue weighted by Crippen LogP contribution is 2.50. The third-order valence-corrected chi connectivity index (χ3v) is 7.05. The van der Waals surface area contributed by atoms with Gasteiger partial charge in [0.1, 0.15) is 5.66 Å². The van der Waals surface area contributed by atoms with Crippen molar-refractivity contribution in [2.24, 2.45) is 0 Å². The highest BCUT2D eigenvalue weighted by atomic mass is 31.2. The Hall–Kier alpha value is -2.39. The topological polar surface area (TPSA) is 80.7 Å². The SMILES string of the molecule is CCOC(=O)C(CC(=O)O)P(=O)(c1ccccc1)c1ccccc1. The molecule has 0 saturated heterocycles. The number of carboxylic acid groups (broad SMARTS) is 1. The number of esters is 1. The fraction of sp³-hybridized carbons (Fsp3) is 0.222. The van der Waals surface area contributed by atoms with Gasteiger partial charge in [-0.2, -0.15) is 0 Å². The molecule has 2 aromatic carbocycles. The van der Waals surface area contributed by atoms with Crippen molar-refractivity contribution in [2.45, 2.75) is 19.0 Å². The number of carboxylic acids is 1. The molecular formula is C18H19O5P. The van der Waals surface area contributed by atoms with Gasteiger partial charge in [0.25, 0.3) is 0 Å². The molecule has 2 rings (SSSR count). The first-order chi connectivity index (χ1) is 11.5. The maximum absolute atomic E-state index is 14.0. The molecule has 24 heavy (non-hydrogen) atoms. The molecule has 0 heterocycles. The van der Waals surface area contributed by atoms with E-state index in [-0.39, 0.29) is 6.61 Å². The fourth-order valence-corrected chi connectivity index (χ4v) is 5.60. The van der Waals surface area contributed by atoms with Gasteiger partial charge in [-0.3, -0.25) is 9.59 Å². The van der Waals surface area contributed by atoms with Gasteiger partial charge in [0.2, 0.25) is 0 Å². The monoisotopic (exact) mass is 346 g/mol. The van der Waals surface area contributed by atoms with E-state index in [4.69, 9.17) is 4.74 Å². The molecule has 0 aliphatic heterocycles. The van der Waals surface area contributed by atoms with Crippen LogP contribution in [0.2, 0.25) is 0 Å². The van der Waals surface area contributed by atoms with Crippen LogP contribution >= 0.6 is 7.14 Å². The predicted molar refractivity (Wildman–Crippen MR) is 92.4 cm³/mol. The molecule has 0 spiro atoms. The number of hydrogen-bond donors (Lipinski definition) is 1. The average molecular weight is 346 g/mol. The Morgan fingerprint density at radius 1 is 1.00 bits per heavy atom. The summed E-state index contributed by atoms with van der Waals surface area (Å²) in [4.78, 5) is 23.7. The van der Waals surface area contributed by atoms with Gasteiger partial charge < -0.3 is 14.4 Å². The smallest absolute Gasteiger partial charge is 0.317 e. The number of hydrogen-bond acceptors (Lipinski definition) is 4. The summed E-state index contributed by atoms with van der Waals surface area (Å²) in [5.74, 6) is -1.95. The van der Waals surface area contributed by atoms with Gasteiger partial charge in [-0.15, -0.1) is 0 Å². The minimum Gasteiger partial charge on any atom is -0.481 e. The van der Waals surface area contributed by atoms with Crippen molar-refractivity contribution >= 4 is 29.7 Å². The van der Waals surface area contributed by atoms with Crippen molar-refractivity contribution in [3.05, 3.63) is 60.7 Å². The summed E-state index contributed by atoms with van der Waals surface area (Å²) >= 11 is 0. The Bertz CT molecular complexity index is 699. The first-order valence-electron chi connectivity index (χ1n) is 7.59. The molecule has 1 atom stereocenters. The zero-order valence-corrected chi connectivity index (χ0v) is 14.2. The van der Waals surface area contributed by atoms with Crippen LogP contribution in [0.3, 0.4) is 0 Å². The summed E-state index contributed by atoms with van der Waals surface area (Å²) in [5.41, 5.74) is -1.26. The minimum absolute atomic E-state index is 0.0958. The van der Waals surface area contributed by atoms with E-state index in [0.29, 0.717) is 10.6 Å². The van der Waals surface area contributed by atoms with Crippen LogP contribution in [0.4, 0.5) is 0 Å². The number of carbonyl (C=O) groups excluding carboxylic acids is 1. The van der Waals surface area contributed by atoms with Crippen molar-refractivity contribution in [3.8, 4) is 0 Å². The minimum atomic E-state index is -3.53. The third kappa shape index (κ3) is 3.74. The van der Waals surface area contributed by atoms with E-state index in [1.807, 2.05) is 0 Å². The highest BCUT2D eigenvalue weighted by molar-refractivity contribution is 7.80. The lowest BCUT2D eigenvalue weighted by atomic mass is 10.3. The molecular weight excluding hydrogens is 327 g/mol. The Kier molecular flexibility index (Phi) is 5.93.